The minimum atomic E-state index is -4.41. The lowest BCUT2D eigenvalue weighted by Gasteiger charge is -2.25. The highest BCUT2D eigenvalue weighted by Gasteiger charge is 2.30. The second kappa shape index (κ2) is 11.6. The van der Waals surface area contributed by atoms with Crippen molar-refractivity contribution in [1.82, 2.24) is 9.88 Å². The number of pyridine rings is 1. The molecule has 0 spiro atoms. The fourth-order valence-electron chi connectivity index (χ4n) is 4.16. The minimum Gasteiger partial charge on any atom is -0.482 e. The molecule has 0 aliphatic carbocycles. The molecule has 4 aromatic rings. The van der Waals surface area contributed by atoms with Crippen molar-refractivity contribution in [3.8, 4) is 5.75 Å². The predicted molar refractivity (Wildman–Crippen MR) is 138 cm³/mol. The standard InChI is InChI=1S/C28H25F3N2O4S/c29-28(30,31)21-4-5-23-24(13-21)32-7-6-27(23)38-18-20-3-1-2-19(12-20)16-37-26-17-36-22(14-25(26)34)15-33-8-10-35-11-9-33/h1-7,12-14,17H,8-11,15-16,18H2. The Kier molecular flexibility index (Phi) is 8.01. The molecular formula is C28H25F3N2O4S. The van der Waals surface area contributed by atoms with E-state index in [1.807, 2.05) is 24.3 Å². The van der Waals surface area contributed by atoms with Crippen molar-refractivity contribution in [3.05, 3.63) is 99.7 Å². The lowest BCUT2D eigenvalue weighted by molar-refractivity contribution is -0.137. The molecule has 0 N–H and O–H groups in total. The third-order valence-corrected chi connectivity index (χ3v) is 7.29. The topological polar surface area (TPSA) is 64.8 Å². The largest absolute Gasteiger partial charge is 0.482 e. The Hall–Kier alpha value is -3.34. The highest BCUT2D eigenvalue weighted by Crippen LogP contribution is 2.34. The van der Waals surface area contributed by atoms with E-state index in [-0.39, 0.29) is 17.8 Å². The quantitative estimate of drug-likeness (QED) is 0.257. The molecule has 1 aliphatic heterocycles. The average Bonchev–Trinajstić information content (AvgIpc) is 2.91. The van der Waals surface area contributed by atoms with Crippen LogP contribution in [0.25, 0.3) is 10.9 Å². The molecule has 2 aromatic heterocycles. The van der Waals surface area contributed by atoms with E-state index in [1.165, 1.54) is 36.4 Å². The highest BCUT2D eigenvalue weighted by molar-refractivity contribution is 7.98. The van der Waals surface area contributed by atoms with Crippen LogP contribution < -0.4 is 10.2 Å². The molecule has 1 fully saturated rings. The summed E-state index contributed by atoms with van der Waals surface area (Å²) in [6.45, 7) is 3.69. The van der Waals surface area contributed by atoms with Gasteiger partial charge in [-0.3, -0.25) is 14.7 Å². The van der Waals surface area contributed by atoms with Gasteiger partial charge in [-0.25, -0.2) is 0 Å². The highest BCUT2D eigenvalue weighted by atomic mass is 32.2. The Labute approximate surface area is 221 Å². The molecule has 38 heavy (non-hydrogen) atoms. The third kappa shape index (κ3) is 6.56. The Morgan fingerprint density at radius 2 is 1.84 bits per heavy atom. The molecule has 5 rings (SSSR count). The number of hydrogen-bond acceptors (Lipinski definition) is 7. The summed E-state index contributed by atoms with van der Waals surface area (Å²) < 4.78 is 55.8. The molecule has 0 radical (unpaired) electrons. The molecule has 10 heteroatoms. The molecule has 6 nitrogen and oxygen atoms in total. The summed E-state index contributed by atoms with van der Waals surface area (Å²) in [4.78, 5) is 19.6. The van der Waals surface area contributed by atoms with Gasteiger partial charge in [0.2, 0.25) is 11.2 Å². The number of nitrogens with zero attached hydrogens (tertiary/aromatic N) is 2. The Bertz CT molecular complexity index is 1470. The number of ether oxygens (including phenoxy) is 2. The molecule has 3 heterocycles. The van der Waals surface area contributed by atoms with Crippen LogP contribution in [0.4, 0.5) is 13.2 Å². The summed E-state index contributed by atoms with van der Waals surface area (Å²) in [5.41, 5.74) is 1.26. The van der Waals surface area contributed by atoms with Crippen LogP contribution in [-0.4, -0.2) is 36.2 Å². The lowest BCUT2D eigenvalue weighted by Crippen LogP contribution is -2.35. The van der Waals surface area contributed by atoms with Crippen molar-refractivity contribution < 1.29 is 27.1 Å². The maximum absolute atomic E-state index is 13.0. The van der Waals surface area contributed by atoms with Gasteiger partial charge in [-0.2, -0.15) is 13.2 Å². The maximum Gasteiger partial charge on any atom is 0.416 e. The third-order valence-electron chi connectivity index (χ3n) is 6.15. The maximum atomic E-state index is 13.0. The van der Waals surface area contributed by atoms with Crippen molar-refractivity contribution in [3.63, 3.8) is 0 Å². The van der Waals surface area contributed by atoms with Crippen LogP contribution in [-0.2, 0) is 29.8 Å². The number of hydrogen-bond donors (Lipinski definition) is 0. The van der Waals surface area contributed by atoms with Crippen LogP contribution in [0.3, 0.4) is 0 Å². The van der Waals surface area contributed by atoms with Gasteiger partial charge in [0, 0.05) is 41.4 Å². The molecular weight excluding hydrogens is 517 g/mol. The first kappa shape index (κ1) is 26.3. The first-order chi connectivity index (χ1) is 18.3. The van der Waals surface area contributed by atoms with Gasteiger partial charge in [-0.05, 0) is 29.3 Å². The number of fused-ring (bicyclic) bond motifs is 1. The van der Waals surface area contributed by atoms with Crippen LogP contribution in [0, 0.1) is 0 Å². The van der Waals surface area contributed by atoms with Crippen molar-refractivity contribution in [2.45, 2.75) is 30.0 Å². The van der Waals surface area contributed by atoms with Gasteiger partial charge in [0.15, 0.2) is 0 Å². The van der Waals surface area contributed by atoms with Crippen LogP contribution in [0.5, 0.6) is 5.75 Å². The molecule has 1 aliphatic rings. The summed E-state index contributed by atoms with van der Waals surface area (Å²) in [7, 11) is 0. The van der Waals surface area contributed by atoms with Crippen molar-refractivity contribution in [2.75, 3.05) is 26.3 Å². The fraction of sp³-hybridized carbons (Fsp3) is 0.286. The second-order valence-electron chi connectivity index (χ2n) is 8.90. The van der Waals surface area contributed by atoms with Crippen LogP contribution >= 0.6 is 11.8 Å². The van der Waals surface area contributed by atoms with Gasteiger partial charge in [0.1, 0.15) is 18.6 Å². The summed E-state index contributed by atoms with van der Waals surface area (Å²) in [5.74, 6) is 1.34. The van der Waals surface area contributed by atoms with E-state index in [0.29, 0.717) is 42.2 Å². The van der Waals surface area contributed by atoms with E-state index in [9.17, 15) is 18.0 Å². The number of morpholine rings is 1. The minimum absolute atomic E-state index is 0.150. The number of thioether (sulfide) groups is 1. The smallest absolute Gasteiger partial charge is 0.416 e. The molecule has 0 unspecified atom stereocenters. The molecule has 1 saturated heterocycles. The number of rotatable bonds is 8. The zero-order chi connectivity index (χ0) is 26.5. The van der Waals surface area contributed by atoms with Gasteiger partial charge < -0.3 is 13.9 Å². The van der Waals surface area contributed by atoms with E-state index < -0.39 is 11.7 Å². The normalized spacial score (nSPS) is 14.6. The summed E-state index contributed by atoms with van der Waals surface area (Å²) >= 11 is 1.52. The molecule has 198 valence electrons. The molecule has 0 atom stereocenters. The molecule has 0 saturated carbocycles. The van der Waals surface area contributed by atoms with Crippen LogP contribution in [0.1, 0.15) is 22.5 Å². The zero-order valence-electron chi connectivity index (χ0n) is 20.4. The second-order valence-corrected chi connectivity index (χ2v) is 9.92. The van der Waals surface area contributed by atoms with Gasteiger partial charge in [0.25, 0.3) is 0 Å². The lowest BCUT2D eigenvalue weighted by atomic mass is 10.1. The van der Waals surface area contributed by atoms with Gasteiger partial charge in [0.05, 0.1) is 30.8 Å². The molecule has 0 bridgehead atoms. The van der Waals surface area contributed by atoms with Gasteiger partial charge in [-0.15, -0.1) is 11.8 Å². The van der Waals surface area contributed by atoms with Crippen molar-refractivity contribution in [2.24, 2.45) is 0 Å². The SMILES string of the molecule is O=c1cc(CN2CCOCC2)occ1OCc1cccc(CSc2ccnc3cc(C(F)(F)F)ccc23)c1. The number of halogens is 3. The summed E-state index contributed by atoms with van der Waals surface area (Å²) in [6, 6.07) is 14.6. The first-order valence-corrected chi connectivity index (χ1v) is 13.0. The first-order valence-electron chi connectivity index (χ1n) is 12.1. The van der Waals surface area contributed by atoms with E-state index >= 15 is 0 Å². The Morgan fingerprint density at radius 3 is 2.63 bits per heavy atom. The molecule has 2 aromatic carbocycles. The van der Waals surface area contributed by atoms with E-state index in [4.69, 9.17) is 13.9 Å². The van der Waals surface area contributed by atoms with Crippen LogP contribution in [0.2, 0.25) is 0 Å². The van der Waals surface area contributed by atoms with E-state index in [1.54, 1.807) is 6.07 Å². The summed E-state index contributed by atoms with van der Waals surface area (Å²) in [5, 5.41) is 0.675. The van der Waals surface area contributed by atoms with Gasteiger partial charge >= 0.3 is 6.18 Å². The Morgan fingerprint density at radius 1 is 1.03 bits per heavy atom. The zero-order valence-corrected chi connectivity index (χ0v) is 21.2. The van der Waals surface area contributed by atoms with Crippen molar-refractivity contribution >= 4 is 22.7 Å². The number of aromatic nitrogens is 1. The molecule has 0 amide bonds. The Balaban J connectivity index is 1.20. The van der Waals surface area contributed by atoms with E-state index in [2.05, 4.69) is 9.88 Å². The summed E-state index contributed by atoms with van der Waals surface area (Å²) in [6.07, 6.45) is -1.53. The number of alkyl halides is 3. The fourth-order valence-corrected chi connectivity index (χ4v) is 5.15. The predicted octanol–water partition coefficient (Wildman–Crippen LogP) is 5.91. The number of benzene rings is 2. The monoisotopic (exact) mass is 542 g/mol. The van der Waals surface area contributed by atoms with Crippen molar-refractivity contribution in [1.29, 1.82) is 0 Å². The van der Waals surface area contributed by atoms with Crippen LogP contribution in [0.15, 0.2) is 81.2 Å². The average molecular weight is 543 g/mol. The van der Waals surface area contributed by atoms with Gasteiger partial charge in [-0.1, -0.05) is 30.3 Å². The van der Waals surface area contributed by atoms with E-state index in [0.717, 1.165) is 41.2 Å².